The van der Waals surface area contributed by atoms with Crippen LogP contribution in [0.4, 0.5) is 0 Å². The summed E-state index contributed by atoms with van der Waals surface area (Å²) in [5, 5.41) is 1.05. The van der Waals surface area contributed by atoms with Gasteiger partial charge in [0.15, 0.2) is 11.5 Å². The SMILES string of the molecule is COc1cc(-c2cc3ncccc3c(C)n2)cc(OC)c1OC.O. The first-order valence-corrected chi connectivity index (χ1v) is 7.20. The van der Waals surface area contributed by atoms with Gasteiger partial charge in [0.25, 0.3) is 0 Å². The molecule has 0 fully saturated rings. The molecule has 0 unspecified atom stereocenters. The van der Waals surface area contributed by atoms with Crippen molar-refractivity contribution in [3.05, 3.63) is 42.2 Å². The van der Waals surface area contributed by atoms with E-state index in [1.54, 1.807) is 27.5 Å². The summed E-state index contributed by atoms with van der Waals surface area (Å²) in [4.78, 5) is 9.11. The molecule has 1 aromatic carbocycles. The molecule has 0 spiro atoms. The number of hydrogen-bond donors (Lipinski definition) is 0. The Morgan fingerprint density at radius 3 is 2.17 bits per heavy atom. The molecule has 0 atom stereocenters. The Hall–Kier alpha value is -2.86. The highest BCUT2D eigenvalue weighted by atomic mass is 16.5. The van der Waals surface area contributed by atoms with Crippen LogP contribution >= 0.6 is 0 Å². The average Bonchev–Trinajstić information content (AvgIpc) is 2.60. The van der Waals surface area contributed by atoms with E-state index in [2.05, 4.69) is 9.97 Å². The van der Waals surface area contributed by atoms with E-state index in [4.69, 9.17) is 14.2 Å². The van der Waals surface area contributed by atoms with Crippen molar-refractivity contribution in [2.75, 3.05) is 21.3 Å². The minimum atomic E-state index is 0. The summed E-state index contributed by atoms with van der Waals surface area (Å²) in [6.45, 7) is 1.98. The highest BCUT2D eigenvalue weighted by molar-refractivity contribution is 5.85. The molecule has 2 N–H and O–H groups in total. The van der Waals surface area contributed by atoms with Crippen molar-refractivity contribution >= 4 is 10.9 Å². The van der Waals surface area contributed by atoms with Gasteiger partial charge in [-0.1, -0.05) is 0 Å². The topological polar surface area (TPSA) is 85.0 Å². The van der Waals surface area contributed by atoms with E-state index in [0.29, 0.717) is 17.2 Å². The van der Waals surface area contributed by atoms with E-state index < -0.39 is 0 Å². The summed E-state index contributed by atoms with van der Waals surface area (Å²) in [6.07, 6.45) is 1.78. The fourth-order valence-corrected chi connectivity index (χ4v) is 2.62. The Morgan fingerprint density at radius 1 is 0.917 bits per heavy atom. The lowest BCUT2D eigenvalue weighted by Gasteiger charge is -2.14. The fraction of sp³-hybridized carbons (Fsp3) is 0.222. The second-order valence-electron chi connectivity index (χ2n) is 5.08. The van der Waals surface area contributed by atoms with Gasteiger partial charge in [-0.2, -0.15) is 0 Å². The minimum absolute atomic E-state index is 0. The van der Waals surface area contributed by atoms with Crippen LogP contribution in [0.2, 0.25) is 0 Å². The number of fused-ring (bicyclic) bond motifs is 1. The van der Waals surface area contributed by atoms with Crippen molar-refractivity contribution in [3.63, 3.8) is 0 Å². The van der Waals surface area contributed by atoms with E-state index in [9.17, 15) is 0 Å². The standard InChI is InChI=1S/C18H18N2O3.H2O/c1-11-13-6-5-7-19-15(13)10-14(20-11)12-8-16(21-2)18(23-4)17(9-12)22-3;/h5-10H,1-4H3;1H2. The van der Waals surface area contributed by atoms with Crippen molar-refractivity contribution in [2.24, 2.45) is 0 Å². The van der Waals surface area contributed by atoms with Gasteiger partial charge in [0.1, 0.15) is 0 Å². The van der Waals surface area contributed by atoms with Crippen LogP contribution in [0.25, 0.3) is 22.2 Å². The first-order chi connectivity index (χ1) is 11.2. The maximum absolute atomic E-state index is 5.41. The minimum Gasteiger partial charge on any atom is -0.493 e. The Morgan fingerprint density at radius 2 is 1.58 bits per heavy atom. The summed E-state index contributed by atoms with van der Waals surface area (Å²) >= 11 is 0. The van der Waals surface area contributed by atoms with Gasteiger partial charge in [-0.05, 0) is 37.3 Å². The predicted molar refractivity (Wildman–Crippen MR) is 93.0 cm³/mol. The molecule has 0 bridgehead atoms. The molecule has 0 radical (unpaired) electrons. The van der Waals surface area contributed by atoms with E-state index >= 15 is 0 Å². The molecule has 3 rings (SSSR count). The third kappa shape index (κ3) is 2.96. The zero-order valence-electron chi connectivity index (χ0n) is 14.1. The third-order valence-electron chi connectivity index (χ3n) is 3.75. The zero-order chi connectivity index (χ0) is 16.4. The molecule has 0 saturated carbocycles. The Kier molecular flexibility index (Phi) is 5.21. The summed E-state index contributed by atoms with van der Waals surface area (Å²) in [5.74, 6) is 1.76. The highest BCUT2D eigenvalue weighted by Gasteiger charge is 2.15. The monoisotopic (exact) mass is 328 g/mol. The normalized spacial score (nSPS) is 10.2. The lowest BCUT2D eigenvalue weighted by molar-refractivity contribution is 0.324. The molecule has 3 aromatic rings. The Bertz CT molecular complexity index is 840. The molecule has 2 aromatic heterocycles. The molecular weight excluding hydrogens is 308 g/mol. The van der Waals surface area contributed by atoms with Crippen molar-refractivity contribution < 1.29 is 19.7 Å². The molecule has 0 aliphatic carbocycles. The van der Waals surface area contributed by atoms with Crippen LogP contribution in [0.15, 0.2) is 36.5 Å². The van der Waals surface area contributed by atoms with Crippen LogP contribution in [0, 0.1) is 6.92 Å². The lowest BCUT2D eigenvalue weighted by atomic mass is 10.1. The van der Waals surface area contributed by atoms with Crippen molar-refractivity contribution in [1.29, 1.82) is 0 Å². The molecule has 0 aliphatic heterocycles. The summed E-state index contributed by atoms with van der Waals surface area (Å²) in [7, 11) is 4.78. The van der Waals surface area contributed by atoms with Gasteiger partial charge in [0.05, 0.1) is 32.5 Å². The maximum atomic E-state index is 5.41. The van der Waals surface area contributed by atoms with Crippen LogP contribution in [-0.4, -0.2) is 36.8 Å². The van der Waals surface area contributed by atoms with Crippen LogP contribution < -0.4 is 14.2 Å². The molecule has 0 saturated heterocycles. The van der Waals surface area contributed by atoms with Crippen LogP contribution in [-0.2, 0) is 0 Å². The lowest BCUT2D eigenvalue weighted by Crippen LogP contribution is -1.97. The third-order valence-corrected chi connectivity index (χ3v) is 3.75. The van der Waals surface area contributed by atoms with Crippen LogP contribution in [0.5, 0.6) is 17.2 Å². The van der Waals surface area contributed by atoms with Gasteiger partial charge in [0, 0.05) is 22.8 Å². The van der Waals surface area contributed by atoms with E-state index in [-0.39, 0.29) is 5.48 Å². The van der Waals surface area contributed by atoms with Gasteiger partial charge < -0.3 is 19.7 Å². The molecule has 6 nitrogen and oxygen atoms in total. The summed E-state index contributed by atoms with van der Waals surface area (Å²) in [6, 6.07) is 9.67. The van der Waals surface area contributed by atoms with Crippen LogP contribution in [0.3, 0.4) is 0 Å². The number of aryl methyl sites for hydroxylation is 1. The largest absolute Gasteiger partial charge is 0.493 e. The molecule has 0 amide bonds. The highest BCUT2D eigenvalue weighted by Crippen LogP contribution is 2.41. The molecule has 6 heteroatoms. The van der Waals surface area contributed by atoms with Gasteiger partial charge in [-0.25, -0.2) is 0 Å². The molecule has 126 valence electrons. The van der Waals surface area contributed by atoms with E-state index in [1.807, 2.05) is 37.3 Å². The van der Waals surface area contributed by atoms with Crippen molar-refractivity contribution in [3.8, 4) is 28.5 Å². The van der Waals surface area contributed by atoms with E-state index in [1.165, 1.54) is 0 Å². The van der Waals surface area contributed by atoms with Gasteiger partial charge >= 0.3 is 0 Å². The van der Waals surface area contributed by atoms with Crippen molar-refractivity contribution in [2.45, 2.75) is 6.92 Å². The Balaban J connectivity index is 0.00000208. The number of pyridine rings is 2. The van der Waals surface area contributed by atoms with Gasteiger partial charge in [-0.15, -0.1) is 0 Å². The first kappa shape index (κ1) is 17.5. The maximum Gasteiger partial charge on any atom is 0.203 e. The number of rotatable bonds is 4. The molecular formula is C18H20N2O4. The number of aromatic nitrogens is 2. The second kappa shape index (κ2) is 7.14. The second-order valence-corrected chi connectivity index (χ2v) is 5.08. The molecule has 0 aliphatic rings. The van der Waals surface area contributed by atoms with Gasteiger partial charge in [-0.3, -0.25) is 9.97 Å². The number of benzene rings is 1. The first-order valence-electron chi connectivity index (χ1n) is 7.20. The van der Waals surface area contributed by atoms with Gasteiger partial charge in [0.2, 0.25) is 5.75 Å². The average molecular weight is 328 g/mol. The molecule has 2 heterocycles. The predicted octanol–water partition coefficient (Wildman–Crippen LogP) is 2.81. The zero-order valence-corrected chi connectivity index (χ0v) is 14.1. The quantitative estimate of drug-likeness (QED) is 0.735. The smallest absolute Gasteiger partial charge is 0.203 e. The molecule has 24 heavy (non-hydrogen) atoms. The summed E-state index contributed by atoms with van der Waals surface area (Å²) < 4.78 is 16.2. The van der Waals surface area contributed by atoms with E-state index in [0.717, 1.165) is 27.9 Å². The number of nitrogens with zero attached hydrogens (tertiary/aromatic N) is 2. The number of methoxy groups -OCH3 is 3. The fourth-order valence-electron chi connectivity index (χ4n) is 2.62. The Labute approximate surface area is 140 Å². The van der Waals surface area contributed by atoms with Crippen LogP contribution in [0.1, 0.15) is 5.69 Å². The number of ether oxygens (including phenoxy) is 3. The van der Waals surface area contributed by atoms with Crippen molar-refractivity contribution in [1.82, 2.24) is 9.97 Å². The summed E-state index contributed by atoms with van der Waals surface area (Å²) in [5.41, 5.74) is 3.53. The number of hydrogen-bond acceptors (Lipinski definition) is 5.